The SMILES string of the molecule is CCCCC/C=C\C/C=C\C/C=C\C=C\C(=O)CCCC(=O)OC[C@H](CO)OC(=O)CCCCCCCCCC(C)C. The number of carbonyl (C=O) groups is 3. The minimum Gasteiger partial charge on any atom is -0.462 e. The maximum atomic E-state index is 12.0. The Morgan fingerprint density at radius 2 is 1.33 bits per heavy atom. The van der Waals surface area contributed by atoms with Crippen molar-refractivity contribution in [2.75, 3.05) is 13.2 Å². The van der Waals surface area contributed by atoms with E-state index in [9.17, 15) is 19.5 Å². The van der Waals surface area contributed by atoms with Gasteiger partial charge in [0.25, 0.3) is 0 Å². The number of esters is 2. The van der Waals surface area contributed by atoms with Gasteiger partial charge in [0.05, 0.1) is 6.61 Å². The van der Waals surface area contributed by atoms with Gasteiger partial charge >= 0.3 is 11.9 Å². The third-order valence-electron chi connectivity index (χ3n) is 6.78. The second kappa shape index (κ2) is 30.0. The zero-order valence-electron chi connectivity index (χ0n) is 26.9. The van der Waals surface area contributed by atoms with E-state index in [-0.39, 0.29) is 31.2 Å². The highest BCUT2D eigenvalue weighted by atomic mass is 16.6. The molecule has 0 aliphatic heterocycles. The van der Waals surface area contributed by atoms with Gasteiger partial charge in [0, 0.05) is 19.3 Å². The molecule has 0 spiro atoms. The van der Waals surface area contributed by atoms with Gasteiger partial charge in [-0.05, 0) is 50.5 Å². The van der Waals surface area contributed by atoms with Gasteiger partial charge < -0.3 is 14.6 Å². The smallest absolute Gasteiger partial charge is 0.306 e. The number of hydrogen-bond donors (Lipinski definition) is 1. The van der Waals surface area contributed by atoms with Crippen LogP contribution >= 0.6 is 0 Å². The first-order valence-corrected chi connectivity index (χ1v) is 16.5. The number of ether oxygens (including phenoxy) is 2. The Hall–Kier alpha value is -2.47. The zero-order chi connectivity index (χ0) is 31.1. The summed E-state index contributed by atoms with van der Waals surface area (Å²) in [6.07, 6.45) is 31.8. The molecule has 0 heterocycles. The largest absolute Gasteiger partial charge is 0.462 e. The summed E-state index contributed by atoms with van der Waals surface area (Å²) < 4.78 is 10.4. The fraction of sp³-hybridized carbons (Fsp3) is 0.694. The summed E-state index contributed by atoms with van der Waals surface area (Å²) in [4.78, 5) is 36.0. The Morgan fingerprint density at radius 1 is 0.690 bits per heavy atom. The fourth-order valence-corrected chi connectivity index (χ4v) is 4.22. The normalized spacial score (nSPS) is 12.8. The number of allylic oxidation sites excluding steroid dienone is 8. The van der Waals surface area contributed by atoms with Crippen LogP contribution in [0.2, 0.25) is 0 Å². The van der Waals surface area contributed by atoms with Crippen LogP contribution in [0.15, 0.2) is 48.6 Å². The van der Waals surface area contributed by atoms with Gasteiger partial charge in [-0.25, -0.2) is 0 Å². The monoisotopic (exact) mass is 588 g/mol. The van der Waals surface area contributed by atoms with Crippen molar-refractivity contribution in [1.82, 2.24) is 0 Å². The first-order chi connectivity index (χ1) is 20.4. The summed E-state index contributed by atoms with van der Waals surface area (Å²) >= 11 is 0. The highest BCUT2D eigenvalue weighted by Crippen LogP contribution is 2.13. The van der Waals surface area contributed by atoms with Gasteiger partial charge in [0.2, 0.25) is 0 Å². The molecule has 1 atom stereocenters. The van der Waals surface area contributed by atoms with E-state index in [1.54, 1.807) is 6.08 Å². The van der Waals surface area contributed by atoms with E-state index in [0.29, 0.717) is 12.8 Å². The first kappa shape index (κ1) is 39.5. The molecule has 0 aromatic heterocycles. The molecule has 1 N–H and O–H groups in total. The third-order valence-corrected chi connectivity index (χ3v) is 6.78. The van der Waals surface area contributed by atoms with E-state index in [2.05, 4.69) is 45.1 Å². The maximum Gasteiger partial charge on any atom is 0.306 e. The molecule has 0 unspecified atom stereocenters. The summed E-state index contributed by atoms with van der Waals surface area (Å²) in [5, 5.41) is 9.47. The number of rotatable bonds is 28. The lowest BCUT2D eigenvalue weighted by atomic mass is 10.0. The van der Waals surface area contributed by atoms with Gasteiger partial charge in [-0.15, -0.1) is 0 Å². The summed E-state index contributed by atoms with van der Waals surface area (Å²) in [7, 11) is 0. The van der Waals surface area contributed by atoms with Gasteiger partial charge in [0.1, 0.15) is 6.61 Å². The second-order valence-corrected chi connectivity index (χ2v) is 11.4. The summed E-state index contributed by atoms with van der Waals surface area (Å²) in [5.41, 5.74) is 0. The van der Waals surface area contributed by atoms with E-state index in [1.165, 1.54) is 57.4 Å². The van der Waals surface area contributed by atoms with E-state index >= 15 is 0 Å². The number of aliphatic hydroxyl groups is 1. The summed E-state index contributed by atoms with van der Waals surface area (Å²) in [6, 6.07) is 0. The van der Waals surface area contributed by atoms with E-state index in [1.807, 2.05) is 12.2 Å². The predicted octanol–water partition coefficient (Wildman–Crippen LogP) is 8.93. The van der Waals surface area contributed by atoms with Gasteiger partial charge in [-0.3, -0.25) is 14.4 Å². The summed E-state index contributed by atoms with van der Waals surface area (Å²) in [6.45, 7) is 6.13. The van der Waals surface area contributed by atoms with Gasteiger partial charge in [-0.2, -0.15) is 0 Å². The molecule has 0 bridgehead atoms. The van der Waals surface area contributed by atoms with Crippen LogP contribution in [0.25, 0.3) is 0 Å². The molecule has 240 valence electrons. The quantitative estimate of drug-likeness (QED) is 0.0323. The molecule has 0 saturated heterocycles. The molecule has 0 aromatic rings. The predicted molar refractivity (Wildman–Crippen MR) is 173 cm³/mol. The number of hydrogen-bond acceptors (Lipinski definition) is 6. The Kier molecular flexibility index (Phi) is 28.2. The number of carbonyl (C=O) groups excluding carboxylic acids is 3. The van der Waals surface area contributed by atoms with Gasteiger partial charge in [0.15, 0.2) is 11.9 Å². The average molecular weight is 589 g/mol. The molecule has 0 saturated carbocycles. The van der Waals surface area contributed by atoms with Gasteiger partial charge in [-0.1, -0.05) is 121 Å². The van der Waals surface area contributed by atoms with E-state index in [0.717, 1.165) is 44.4 Å². The topological polar surface area (TPSA) is 89.9 Å². The van der Waals surface area contributed by atoms with E-state index in [4.69, 9.17) is 9.47 Å². The van der Waals surface area contributed by atoms with Crippen LogP contribution in [-0.4, -0.2) is 42.1 Å². The summed E-state index contributed by atoms with van der Waals surface area (Å²) in [5.74, 6) is -0.133. The molecule has 0 radical (unpaired) electrons. The molecule has 0 rings (SSSR count). The van der Waals surface area contributed by atoms with Crippen LogP contribution in [0, 0.1) is 5.92 Å². The molecule has 0 aliphatic rings. The van der Waals surface area contributed by atoms with Crippen LogP contribution < -0.4 is 0 Å². The Morgan fingerprint density at radius 3 is 2.02 bits per heavy atom. The number of unbranched alkanes of at least 4 members (excludes halogenated alkanes) is 9. The van der Waals surface area contributed by atoms with Crippen molar-refractivity contribution in [3.63, 3.8) is 0 Å². The molecule has 6 heteroatoms. The highest BCUT2D eigenvalue weighted by Gasteiger charge is 2.16. The van der Waals surface area contributed by atoms with Crippen molar-refractivity contribution in [2.45, 2.75) is 142 Å². The van der Waals surface area contributed by atoms with Crippen LogP contribution in [0.5, 0.6) is 0 Å². The lowest BCUT2D eigenvalue weighted by Crippen LogP contribution is -2.28. The average Bonchev–Trinajstić information content (AvgIpc) is 2.96. The highest BCUT2D eigenvalue weighted by molar-refractivity contribution is 5.90. The molecule has 0 aromatic carbocycles. The molecule has 0 aliphatic carbocycles. The van der Waals surface area contributed by atoms with Crippen molar-refractivity contribution in [2.24, 2.45) is 5.92 Å². The molecule has 0 amide bonds. The first-order valence-electron chi connectivity index (χ1n) is 16.5. The second-order valence-electron chi connectivity index (χ2n) is 11.4. The van der Waals surface area contributed by atoms with Crippen molar-refractivity contribution >= 4 is 17.7 Å². The Bertz CT molecular complexity index is 793. The molecule has 0 fully saturated rings. The van der Waals surface area contributed by atoms with Crippen molar-refractivity contribution in [3.05, 3.63) is 48.6 Å². The Balaban J connectivity index is 3.86. The maximum absolute atomic E-state index is 12.0. The van der Waals surface area contributed by atoms with Crippen molar-refractivity contribution in [1.29, 1.82) is 0 Å². The van der Waals surface area contributed by atoms with Crippen LogP contribution in [0.3, 0.4) is 0 Å². The fourth-order valence-electron chi connectivity index (χ4n) is 4.22. The molecule has 6 nitrogen and oxygen atoms in total. The van der Waals surface area contributed by atoms with Crippen molar-refractivity contribution in [3.8, 4) is 0 Å². The lowest BCUT2D eigenvalue weighted by molar-refractivity contribution is -0.161. The minimum absolute atomic E-state index is 0.0514. The molecule has 42 heavy (non-hydrogen) atoms. The van der Waals surface area contributed by atoms with E-state index < -0.39 is 18.7 Å². The standard InChI is InChI=1S/C36H60O6/c1-4-5-6-7-8-9-10-11-12-13-16-19-22-26-33(38)27-24-29-35(39)41-31-34(30-37)42-36(40)28-23-20-17-14-15-18-21-25-32(2)3/h8-9,11-12,16,19,22,26,32,34,37H,4-7,10,13-15,17-18,20-21,23-25,27-31H2,1-3H3/b9-8-,12-11-,19-16-,26-22+/t34-/m0/s1. The molecular weight excluding hydrogens is 528 g/mol. The lowest BCUT2D eigenvalue weighted by Gasteiger charge is -2.15. The van der Waals surface area contributed by atoms with Crippen LogP contribution in [-0.2, 0) is 23.9 Å². The minimum atomic E-state index is -0.861. The van der Waals surface area contributed by atoms with Crippen LogP contribution in [0.1, 0.15) is 136 Å². The van der Waals surface area contributed by atoms with Crippen molar-refractivity contribution < 1.29 is 29.0 Å². The molecular formula is C36H60O6. The number of aliphatic hydroxyl groups excluding tert-OH is 1. The zero-order valence-corrected chi connectivity index (χ0v) is 26.9. The van der Waals surface area contributed by atoms with Crippen LogP contribution in [0.4, 0.5) is 0 Å². The third kappa shape index (κ3) is 29.0. The Labute approximate surface area is 256 Å². The number of ketones is 1.